The number of hydrogen-bond acceptors (Lipinski definition) is 7. The number of nitrogens with one attached hydrogen (secondary N) is 1. The fourth-order valence-corrected chi connectivity index (χ4v) is 5.10. The Morgan fingerprint density at radius 3 is 2.95 bits per heavy atom. The predicted octanol–water partition coefficient (Wildman–Crippen LogP) is 1.20. The van der Waals surface area contributed by atoms with Gasteiger partial charge in [0.15, 0.2) is 9.84 Å². The molecule has 2 heterocycles. The maximum Gasteiger partial charge on any atom is 0.224 e. The molecule has 1 aromatic heterocycles. The van der Waals surface area contributed by atoms with E-state index in [1.807, 2.05) is 4.90 Å². The van der Waals surface area contributed by atoms with Gasteiger partial charge in [0.05, 0.1) is 4.47 Å². The van der Waals surface area contributed by atoms with Crippen LogP contribution in [0.25, 0.3) is 0 Å². The maximum absolute atomic E-state index is 11.9. The second kappa shape index (κ2) is 5.84. The molecule has 1 aliphatic rings. The highest BCUT2D eigenvalue weighted by Gasteiger charge is 2.33. The van der Waals surface area contributed by atoms with E-state index in [9.17, 15) is 8.42 Å². The molecule has 1 aromatic rings. The van der Waals surface area contributed by atoms with Gasteiger partial charge in [-0.1, -0.05) is 0 Å². The molecule has 1 saturated heterocycles. The first-order chi connectivity index (χ1) is 8.93. The summed E-state index contributed by atoms with van der Waals surface area (Å²) in [5.41, 5.74) is 0. The summed E-state index contributed by atoms with van der Waals surface area (Å²) in [6.07, 6.45) is 2.90. The van der Waals surface area contributed by atoms with E-state index in [4.69, 9.17) is 0 Å². The highest BCUT2D eigenvalue weighted by atomic mass is 79.9. The van der Waals surface area contributed by atoms with Crippen molar-refractivity contribution in [1.82, 2.24) is 9.97 Å². The average molecular weight is 367 g/mol. The van der Waals surface area contributed by atoms with Gasteiger partial charge in [-0.25, -0.2) is 13.4 Å². The van der Waals surface area contributed by atoms with Crippen molar-refractivity contribution in [2.24, 2.45) is 0 Å². The molecule has 1 atom stereocenters. The van der Waals surface area contributed by atoms with Crippen molar-refractivity contribution in [2.75, 3.05) is 41.6 Å². The van der Waals surface area contributed by atoms with Crippen LogP contribution in [-0.2, 0) is 9.84 Å². The van der Waals surface area contributed by atoms with E-state index >= 15 is 0 Å². The topological polar surface area (TPSA) is 75.2 Å². The quantitative estimate of drug-likeness (QED) is 0.861. The lowest BCUT2D eigenvalue weighted by atomic mass is 10.4. The van der Waals surface area contributed by atoms with Gasteiger partial charge in [-0.3, -0.25) is 0 Å². The van der Waals surface area contributed by atoms with Gasteiger partial charge in [0.1, 0.15) is 11.2 Å². The molecule has 0 bridgehead atoms. The summed E-state index contributed by atoms with van der Waals surface area (Å²) >= 11 is 5.04. The van der Waals surface area contributed by atoms with Gasteiger partial charge in [-0.15, -0.1) is 0 Å². The van der Waals surface area contributed by atoms with E-state index in [1.54, 1.807) is 25.0 Å². The van der Waals surface area contributed by atoms with Crippen LogP contribution in [0.5, 0.6) is 0 Å². The van der Waals surface area contributed by atoms with Crippen LogP contribution in [0.1, 0.15) is 0 Å². The van der Waals surface area contributed by atoms with Gasteiger partial charge < -0.3 is 10.2 Å². The molecule has 1 fully saturated rings. The summed E-state index contributed by atoms with van der Waals surface area (Å²) in [6, 6.07) is 0. The van der Waals surface area contributed by atoms with E-state index in [2.05, 4.69) is 31.2 Å². The first kappa shape index (κ1) is 14.9. The monoisotopic (exact) mass is 366 g/mol. The molecule has 1 unspecified atom stereocenters. The lowest BCUT2D eigenvalue weighted by molar-refractivity contribution is 0.583. The molecule has 1 aliphatic heterocycles. The van der Waals surface area contributed by atoms with Crippen molar-refractivity contribution in [3.63, 3.8) is 0 Å². The fourth-order valence-electron chi connectivity index (χ4n) is 1.86. The second-order valence-corrected chi connectivity index (χ2v) is 8.38. The summed E-state index contributed by atoms with van der Waals surface area (Å²) in [6.45, 7) is 0.654. The summed E-state index contributed by atoms with van der Waals surface area (Å²) in [7, 11) is -1.43. The molecule has 9 heteroatoms. The van der Waals surface area contributed by atoms with Crippen LogP contribution in [0, 0.1) is 0 Å². The van der Waals surface area contributed by atoms with Crippen LogP contribution in [0.15, 0.2) is 10.7 Å². The van der Waals surface area contributed by atoms with Crippen molar-refractivity contribution in [1.29, 1.82) is 0 Å². The molecule has 6 nitrogen and oxygen atoms in total. The van der Waals surface area contributed by atoms with Gasteiger partial charge >= 0.3 is 0 Å². The van der Waals surface area contributed by atoms with Crippen molar-refractivity contribution in [3.8, 4) is 0 Å². The van der Waals surface area contributed by atoms with E-state index in [1.165, 1.54) is 6.26 Å². The largest absolute Gasteiger partial charge is 0.357 e. The third kappa shape index (κ3) is 3.32. The first-order valence-corrected chi connectivity index (χ1v) is 9.57. The van der Waals surface area contributed by atoms with Gasteiger partial charge in [0.25, 0.3) is 0 Å². The number of halogens is 1. The SMILES string of the molecule is CNc1ncc(Br)c(N2CCSCC2S(C)(=O)=O)n1. The van der Waals surface area contributed by atoms with E-state index in [0.717, 1.165) is 5.75 Å². The Morgan fingerprint density at radius 1 is 1.58 bits per heavy atom. The van der Waals surface area contributed by atoms with Gasteiger partial charge in [-0.05, 0) is 15.9 Å². The number of sulfone groups is 1. The fraction of sp³-hybridized carbons (Fsp3) is 0.600. The zero-order valence-electron chi connectivity index (χ0n) is 10.6. The smallest absolute Gasteiger partial charge is 0.224 e. The van der Waals surface area contributed by atoms with Crippen molar-refractivity contribution in [3.05, 3.63) is 10.7 Å². The molecular weight excluding hydrogens is 352 g/mol. The van der Waals surface area contributed by atoms with Crippen LogP contribution in [0.4, 0.5) is 11.8 Å². The summed E-state index contributed by atoms with van der Waals surface area (Å²) < 4.78 is 24.5. The minimum absolute atomic E-state index is 0.476. The molecule has 0 spiro atoms. The van der Waals surface area contributed by atoms with Crippen molar-refractivity contribution >= 4 is 49.3 Å². The van der Waals surface area contributed by atoms with E-state index in [-0.39, 0.29) is 0 Å². The average Bonchev–Trinajstić information content (AvgIpc) is 2.38. The third-order valence-electron chi connectivity index (χ3n) is 2.80. The van der Waals surface area contributed by atoms with Crippen LogP contribution in [-0.4, -0.2) is 55.1 Å². The Balaban J connectivity index is 2.42. The molecule has 19 heavy (non-hydrogen) atoms. The number of thioether (sulfide) groups is 1. The number of hydrogen-bond donors (Lipinski definition) is 1. The Labute approximate surface area is 125 Å². The number of anilines is 2. The third-order valence-corrected chi connectivity index (χ3v) is 6.00. The Hall–Kier alpha value is -0.540. The van der Waals surface area contributed by atoms with Crippen LogP contribution >= 0.6 is 27.7 Å². The molecule has 2 rings (SSSR count). The van der Waals surface area contributed by atoms with Crippen molar-refractivity contribution < 1.29 is 8.42 Å². The standard InChI is InChI=1S/C10H15BrN4O2S2/c1-12-10-13-5-7(11)9(14-10)15-3-4-18-6-8(15)19(2,16)17/h5,8H,3-4,6H2,1-2H3,(H,12,13,14). The second-order valence-electron chi connectivity index (χ2n) is 4.17. The summed E-state index contributed by atoms with van der Waals surface area (Å²) in [5.74, 6) is 2.54. The number of aromatic nitrogens is 2. The van der Waals surface area contributed by atoms with E-state index < -0.39 is 15.2 Å². The minimum Gasteiger partial charge on any atom is -0.357 e. The Morgan fingerprint density at radius 2 is 2.32 bits per heavy atom. The number of rotatable bonds is 3. The highest BCUT2D eigenvalue weighted by Crippen LogP contribution is 2.31. The molecule has 0 radical (unpaired) electrons. The zero-order chi connectivity index (χ0) is 14.0. The van der Waals surface area contributed by atoms with Gasteiger partial charge in [0, 0.05) is 37.6 Å². The lowest BCUT2D eigenvalue weighted by Crippen LogP contribution is -2.47. The zero-order valence-corrected chi connectivity index (χ0v) is 13.8. The van der Waals surface area contributed by atoms with E-state index in [0.29, 0.717) is 28.5 Å². The minimum atomic E-state index is -3.16. The first-order valence-electron chi connectivity index (χ1n) is 5.67. The van der Waals surface area contributed by atoms with Crippen LogP contribution in [0.2, 0.25) is 0 Å². The lowest BCUT2D eigenvalue weighted by Gasteiger charge is -2.35. The van der Waals surface area contributed by atoms with Crippen molar-refractivity contribution in [2.45, 2.75) is 5.37 Å². The summed E-state index contributed by atoms with van der Waals surface area (Å²) in [5, 5.41) is 2.32. The normalized spacial score (nSPS) is 20.4. The Kier molecular flexibility index (Phi) is 4.57. The Bertz CT molecular complexity index is 567. The maximum atomic E-state index is 11.9. The molecule has 0 saturated carbocycles. The van der Waals surface area contributed by atoms with Crippen LogP contribution in [0.3, 0.4) is 0 Å². The molecule has 0 aliphatic carbocycles. The molecule has 106 valence electrons. The molecular formula is C10H15BrN4O2S2. The highest BCUT2D eigenvalue weighted by molar-refractivity contribution is 9.10. The van der Waals surface area contributed by atoms with Gasteiger partial charge in [-0.2, -0.15) is 16.7 Å². The van der Waals surface area contributed by atoms with Gasteiger partial charge in [0.2, 0.25) is 5.95 Å². The molecule has 0 aromatic carbocycles. The molecule has 0 amide bonds. The summed E-state index contributed by atoms with van der Waals surface area (Å²) in [4.78, 5) is 10.3. The predicted molar refractivity (Wildman–Crippen MR) is 82.6 cm³/mol. The molecule has 1 N–H and O–H groups in total. The van der Waals surface area contributed by atoms with Crippen LogP contribution < -0.4 is 10.2 Å². The number of nitrogens with zero attached hydrogens (tertiary/aromatic N) is 3.